The van der Waals surface area contributed by atoms with E-state index in [1.54, 1.807) is 109 Å². The summed E-state index contributed by atoms with van der Waals surface area (Å²) in [5, 5.41) is 23.3. The zero-order valence-electron chi connectivity index (χ0n) is 21.4. The lowest BCUT2D eigenvalue weighted by atomic mass is 9.86. The van der Waals surface area contributed by atoms with Crippen molar-refractivity contribution in [1.29, 1.82) is 0 Å². The molecule has 0 aliphatic heterocycles. The second-order valence-corrected chi connectivity index (χ2v) is 9.19. The van der Waals surface area contributed by atoms with Gasteiger partial charge in [-0.15, -0.1) is 0 Å². The Hall–Kier alpha value is -5.00. The van der Waals surface area contributed by atoms with E-state index in [9.17, 15) is 19.0 Å². The summed E-state index contributed by atoms with van der Waals surface area (Å²) < 4.78 is 29.6. The van der Waals surface area contributed by atoms with Crippen LogP contribution in [0.4, 0.5) is 8.78 Å². The van der Waals surface area contributed by atoms with E-state index in [4.69, 9.17) is 0 Å². The van der Waals surface area contributed by atoms with Crippen LogP contribution in [0.1, 0.15) is 33.4 Å². The molecule has 5 rings (SSSR count). The molecule has 2 N–H and O–H groups in total. The Morgan fingerprint density at radius 3 is 1.23 bits per heavy atom. The minimum Gasteiger partial charge on any atom is -0.369 e. The van der Waals surface area contributed by atoms with Gasteiger partial charge in [-0.3, -0.25) is 0 Å². The molecule has 194 valence electrons. The number of benzene rings is 5. The maximum Gasteiger partial charge on any atom is 0.180 e. The lowest BCUT2D eigenvalue weighted by Crippen LogP contribution is -2.26. The predicted octanol–water partition coefficient (Wildman–Crippen LogP) is 6.54. The van der Waals surface area contributed by atoms with Gasteiger partial charge in [-0.25, -0.2) is 8.78 Å². The summed E-state index contributed by atoms with van der Waals surface area (Å²) in [7, 11) is 0. The van der Waals surface area contributed by atoms with Crippen LogP contribution in [0.2, 0.25) is 0 Å². The first-order chi connectivity index (χ1) is 19.4. The smallest absolute Gasteiger partial charge is 0.180 e. The molecular formula is C36H24F2O2. The second-order valence-electron chi connectivity index (χ2n) is 9.19. The molecule has 5 aromatic rings. The fourth-order valence-electron chi connectivity index (χ4n) is 4.46. The highest BCUT2D eigenvalue weighted by Gasteiger charge is 2.33. The lowest BCUT2D eigenvalue weighted by Gasteiger charge is -2.24. The summed E-state index contributed by atoms with van der Waals surface area (Å²) in [6, 6.07) is 36.3. The molecule has 0 aromatic heterocycles. The van der Waals surface area contributed by atoms with Crippen LogP contribution in [0.5, 0.6) is 0 Å². The molecule has 0 aliphatic rings. The third kappa shape index (κ3) is 5.41. The zero-order valence-corrected chi connectivity index (χ0v) is 21.4. The minimum atomic E-state index is -1.90. The van der Waals surface area contributed by atoms with Gasteiger partial charge in [0.15, 0.2) is 11.2 Å². The van der Waals surface area contributed by atoms with Crippen molar-refractivity contribution in [2.45, 2.75) is 11.2 Å². The highest BCUT2D eigenvalue weighted by Crippen LogP contribution is 2.32. The molecule has 0 amide bonds. The van der Waals surface area contributed by atoms with Crippen LogP contribution in [0.15, 0.2) is 133 Å². The van der Waals surface area contributed by atoms with Gasteiger partial charge in [0.2, 0.25) is 0 Å². The van der Waals surface area contributed by atoms with E-state index in [1.807, 2.05) is 0 Å². The molecule has 0 aliphatic carbocycles. The summed E-state index contributed by atoms with van der Waals surface area (Å²) in [5.74, 6) is 10.5. The molecule has 5 aromatic carbocycles. The first-order valence-corrected chi connectivity index (χ1v) is 12.6. The van der Waals surface area contributed by atoms with E-state index in [0.717, 1.165) is 0 Å². The van der Waals surface area contributed by atoms with Crippen molar-refractivity contribution in [2.24, 2.45) is 0 Å². The number of hydrogen-bond donors (Lipinski definition) is 2. The molecule has 4 heteroatoms. The third-order valence-corrected chi connectivity index (χ3v) is 6.55. The Labute approximate surface area is 232 Å². The van der Waals surface area contributed by atoms with Crippen molar-refractivity contribution >= 4 is 0 Å². The molecule has 2 atom stereocenters. The van der Waals surface area contributed by atoms with E-state index in [1.165, 1.54) is 24.3 Å². The van der Waals surface area contributed by atoms with Gasteiger partial charge < -0.3 is 10.2 Å². The van der Waals surface area contributed by atoms with Gasteiger partial charge in [0.1, 0.15) is 11.6 Å². The van der Waals surface area contributed by atoms with Crippen LogP contribution >= 0.6 is 0 Å². The van der Waals surface area contributed by atoms with E-state index < -0.39 is 22.8 Å². The Kier molecular flexibility index (Phi) is 7.58. The first-order valence-electron chi connectivity index (χ1n) is 12.6. The summed E-state index contributed by atoms with van der Waals surface area (Å²) in [6.07, 6.45) is 0. The van der Waals surface area contributed by atoms with Crippen LogP contribution < -0.4 is 0 Å². The zero-order chi connectivity index (χ0) is 28.0. The van der Waals surface area contributed by atoms with Crippen LogP contribution in [-0.2, 0) is 11.2 Å². The molecule has 0 spiro atoms. The van der Waals surface area contributed by atoms with Crippen molar-refractivity contribution in [1.82, 2.24) is 0 Å². The van der Waals surface area contributed by atoms with Gasteiger partial charge in [-0.05, 0) is 30.3 Å². The average Bonchev–Trinajstić information content (AvgIpc) is 3.00. The highest BCUT2D eigenvalue weighted by atomic mass is 19.1. The van der Waals surface area contributed by atoms with Gasteiger partial charge in [0, 0.05) is 33.4 Å². The van der Waals surface area contributed by atoms with Crippen molar-refractivity contribution in [3.8, 4) is 23.7 Å². The van der Waals surface area contributed by atoms with E-state index in [0.29, 0.717) is 22.3 Å². The molecule has 0 fully saturated rings. The second kappa shape index (κ2) is 11.4. The minimum absolute atomic E-state index is 0.0439. The fourth-order valence-corrected chi connectivity index (χ4v) is 4.46. The van der Waals surface area contributed by atoms with Crippen molar-refractivity contribution in [2.75, 3.05) is 0 Å². The van der Waals surface area contributed by atoms with E-state index in [2.05, 4.69) is 23.7 Å². The van der Waals surface area contributed by atoms with Crippen molar-refractivity contribution in [3.05, 3.63) is 178 Å². The van der Waals surface area contributed by atoms with Gasteiger partial charge in [0.25, 0.3) is 0 Å². The third-order valence-electron chi connectivity index (χ3n) is 6.55. The highest BCUT2D eigenvalue weighted by molar-refractivity contribution is 5.52. The number of halogens is 2. The summed E-state index contributed by atoms with van der Waals surface area (Å²) >= 11 is 0. The number of rotatable bonds is 4. The maximum atomic E-state index is 14.8. The predicted molar refractivity (Wildman–Crippen MR) is 152 cm³/mol. The van der Waals surface area contributed by atoms with Crippen LogP contribution in [0.25, 0.3) is 0 Å². The largest absolute Gasteiger partial charge is 0.369 e. The van der Waals surface area contributed by atoms with Gasteiger partial charge in [-0.2, -0.15) is 0 Å². The van der Waals surface area contributed by atoms with Crippen molar-refractivity contribution < 1.29 is 19.0 Å². The topological polar surface area (TPSA) is 40.5 Å². The van der Waals surface area contributed by atoms with Gasteiger partial charge in [0.05, 0.1) is 0 Å². The summed E-state index contributed by atoms with van der Waals surface area (Å²) in [4.78, 5) is 0. The van der Waals surface area contributed by atoms with Crippen LogP contribution in [0.3, 0.4) is 0 Å². The lowest BCUT2D eigenvalue weighted by molar-refractivity contribution is 0.140. The maximum absolute atomic E-state index is 14.8. The molecule has 0 bridgehead atoms. The molecule has 0 saturated heterocycles. The monoisotopic (exact) mass is 526 g/mol. The Morgan fingerprint density at radius 2 is 0.825 bits per heavy atom. The SMILES string of the molecule is OC(C#Cc1cccc(C#CC(O)(c2ccccc2)c2ccccc2F)c1)(c1ccccc1)c1ccccc1F. The van der Waals surface area contributed by atoms with E-state index >= 15 is 0 Å². The first kappa shape index (κ1) is 26.6. The Morgan fingerprint density at radius 1 is 0.450 bits per heavy atom. The molecule has 0 saturated carbocycles. The Bertz CT molecular complexity index is 1630. The average molecular weight is 527 g/mol. The molecule has 40 heavy (non-hydrogen) atoms. The van der Waals surface area contributed by atoms with E-state index in [-0.39, 0.29) is 11.1 Å². The van der Waals surface area contributed by atoms with Crippen LogP contribution in [0, 0.1) is 35.3 Å². The van der Waals surface area contributed by atoms with Gasteiger partial charge in [-0.1, -0.05) is 127 Å². The molecule has 2 nitrogen and oxygen atoms in total. The van der Waals surface area contributed by atoms with Crippen molar-refractivity contribution in [3.63, 3.8) is 0 Å². The molecule has 0 radical (unpaired) electrons. The quantitative estimate of drug-likeness (QED) is 0.261. The van der Waals surface area contributed by atoms with Crippen LogP contribution in [-0.4, -0.2) is 10.2 Å². The standard InChI is InChI=1S/C36H24F2O2/c37-33-20-9-7-18-31(33)35(39,29-14-3-1-4-15-29)24-22-27-12-11-13-28(26-27)23-25-36(40,30-16-5-2-6-17-30)32-19-8-10-21-34(32)38/h1-21,26,39-40H. The molecular weight excluding hydrogens is 502 g/mol. The normalized spacial score (nSPS) is 13.5. The summed E-state index contributed by atoms with van der Waals surface area (Å²) in [6.45, 7) is 0. The Balaban J connectivity index is 1.56. The fraction of sp³-hybridized carbons (Fsp3) is 0.0556. The summed E-state index contributed by atoms with van der Waals surface area (Å²) in [5.41, 5.74) is -1.80. The number of hydrogen-bond acceptors (Lipinski definition) is 2. The van der Waals surface area contributed by atoms with Gasteiger partial charge >= 0.3 is 0 Å². The number of aliphatic hydroxyl groups is 2. The molecule has 0 heterocycles. The molecule has 2 unspecified atom stereocenters.